The van der Waals surface area contributed by atoms with Crippen molar-refractivity contribution in [3.63, 3.8) is 0 Å². The summed E-state index contributed by atoms with van der Waals surface area (Å²) in [6.07, 6.45) is 42.4. The van der Waals surface area contributed by atoms with Crippen LogP contribution in [0.3, 0.4) is 0 Å². The molecule has 17 heterocycles. The van der Waals surface area contributed by atoms with Crippen LogP contribution < -0.4 is 0 Å². The van der Waals surface area contributed by atoms with Crippen molar-refractivity contribution >= 4 is 46.9 Å². The molecule has 0 aliphatic carbocycles. The second-order valence-corrected chi connectivity index (χ2v) is 42.3. The van der Waals surface area contributed by atoms with E-state index in [-0.39, 0.29) is 0 Å². The minimum atomic E-state index is 0.302. The molecule has 28 nitrogen and oxygen atoms in total. The van der Waals surface area contributed by atoms with Crippen LogP contribution in [0.25, 0.3) is 0 Å². The van der Waals surface area contributed by atoms with Gasteiger partial charge in [-0.05, 0) is 337 Å². The first kappa shape index (κ1) is 128. The molecule has 0 spiro atoms. The molecule has 3 unspecified atom stereocenters. The van der Waals surface area contributed by atoms with Crippen molar-refractivity contribution in [2.75, 3.05) is 350 Å². The number of amides is 1. The summed E-state index contributed by atoms with van der Waals surface area (Å²) >= 11 is 1.51. The predicted molar refractivity (Wildman–Crippen MR) is 564 cm³/mol. The highest BCUT2D eigenvalue weighted by Crippen LogP contribution is 2.23. The van der Waals surface area contributed by atoms with Gasteiger partial charge in [0.15, 0.2) is 0 Å². The van der Waals surface area contributed by atoms with E-state index in [2.05, 4.69) is 190 Å². The number of likely N-dealkylation sites (tertiary alicyclic amines) is 13. The van der Waals surface area contributed by atoms with Gasteiger partial charge in [-0.3, -0.25) is 67.2 Å². The Kier molecular flexibility index (Phi) is 79.6. The van der Waals surface area contributed by atoms with E-state index in [0.717, 1.165) is 219 Å². The fourth-order valence-electron chi connectivity index (χ4n) is 17.2. The molecular formula is C105H212N18O10S. The standard InChI is InChI=1S/2C9H19N.C8H15N.2C7H13NO.C7H15N.3C6H11NO.C6H11N.C6H13N.C5H12N2O.2C5H11NO.C5H9NO.C5H11N.C3H7NOS/c1-8(2)9-5-4-6-10(3)7-9;1-3-9-6-4-5-7-10(2)8-9;1-8-6-4-3-5-7-9(8)2;1-8-5-2-3-7(9)4-6-8;1-8-5-3-2-4-7(9)6-8;1-8-6-4-2-3-5-7-8;1-7-4-2-6(8)3-5-7;1-7-4-2-3-6(8)5-7;1-7-5-3-2-4-6(7)8;1-6-4-3-5-7(6)2;1-7-5-3-2-4-6-7;1-6-3-7(2)5-8-4-6;1-5-3-6(2)4-7-5;1-6-2-4-7-5-3-6;1-6-3-2-5(7)4-6;1-6-4-2-3-5-6;1-4-2-5-6-3-4/h8-9H,4-7H2,1-3H3;9H,3-8H2,1-2H3;1,3-7H2,2H3;2*2-6H2,1H3;2-7H2,1H3;3*2-5H2,1H3;1,3-5H2,2H3;2-6H2,1H3;3-5H2,1-2H3;5H,3-4H2,1-2H3;2-5H2,1H3;2-4H2,1H3;2-5H2,1H3;2-3H2,1H3. The number of hydrogen-bond donors (Lipinski definition) is 0. The van der Waals surface area contributed by atoms with E-state index in [1.807, 2.05) is 61.3 Å². The van der Waals surface area contributed by atoms with Crippen molar-refractivity contribution in [1.82, 2.24) is 88.2 Å². The molecule has 788 valence electrons. The van der Waals surface area contributed by atoms with E-state index < -0.39 is 0 Å². The highest BCUT2D eigenvalue weighted by Gasteiger charge is 2.22. The van der Waals surface area contributed by atoms with Gasteiger partial charge in [0.05, 0.1) is 58.2 Å². The molecule has 29 heteroatoms. The smallest absolute Gasteiger partial charge is 0.222 e. The van der Waals surface area contributed by atoms with Crippen molar-refractivity contribution in [2.24, 2.45) is 17.8 Å². The number of rotatable bonds is 2. The highest BCUT2D eigenvalue weighted by molar-refractivity contribution is 7.94. The van der Waals surface area contributed by atoms with Crippen molar-refractivity contribution in [2.45, 2.75) is 259 Å². The minimum Gasteiger partial charge on any atom is -0.379 e. The Morgan fingerprint density at radius 3 is 1.05 bits per heavy atom. The van der Waals surface area contributed by atoms with Gasteiger partial charge in [0, 0.05) is 174 Å². The number of Topliss-reactive ketones (excluding diaryl/α,β-unsaturated/α-hetero) is 5. The van der Waals surface area contributed by atoms with Gasteiger partial charge in [0.25, 0.3) is 0 Å². The van der Waals surface area contributed by atoms with Gasteiger partial charge >= 0.3 is 0 Å². The molecule has 0 bridgehead atoms. The van der Waals surface area contributed by atoms with E-state index in [9.17, 15) is 28.8 Å². The summed E-state index contributed by atoms with van der Waals surface area (Å²) in [4.78, 5) is 104. The zero-order valence-corrected chi connectivity index (χ0v) is 91.9. The van der Waals surface area contributed by atoms with Crippen LogP contribution in [0.15, 0.2) is 24.6 Å². The zero-order chi connectivity index (χ0) is 99.6. The summed E-state index contributed by atoms with van der Waals surface area (Å²) in [5, 5.41) is 0. The Bertz CT molecular complexity index is 2850. The van der Waals surface area contributed by atoms with Crippen LogP contribution in [-0.2, 0) is 47.2 Å². The van der Waals surface area contributed by atoms with Crippen LogP contribution in [0.5, 0.6) is 0 Å². The van der Waals surface area contributed by atoms with Gasteiger partial charge in [-0.2, -0.15) is 0 Å². The van der Waals surface area contributed by atoms with Gasteiger partial charge in [-0.25, -0.2) is 0 Å². The Labute approximate surface area is 828 Å². The summed E-state index contributed by atoms with van der Waals surface area (Å²) in [6.45, 7) is 51.8. The van der Waals surface area contributed by atoms with E-state index in [0.29, 0.717) is 60.6 Å². The summed E-state index contributed by atoms with van der Waals surface area (Å²) in [5.74, 6) is 6.14. The molecule has 0 N–H and O–H groups in total. The van der Waals surface area contributed by atoms with E-state index in [1.54, 1.807) is 4.90 Å². The van der Waals surface area contributed by atoms with Crippen molar-refractivity contribution in [1.29, 1.82) is 0 Å². The van der Waals surface area contributed by atoms with Crippen molar-refractivity contribution in [3.8, 4) is 0 Å². The maximum absolute atomic E-state index is 10.9. The summed E-state index contributed by atoms with van der Waals surface area (Å²) < 4.78 is 20.3. The van der Waals surface area contributed by atoms with Gasteiger partial charge in [0.2, 0.25) is 5.91 Å². The number of hydrogen-bond acceptors (Lipinski definition) is 28. The Balaban J connectivity index is 0.000000713. The fourth-order valence-corrected chi connectivity index (χ4v) is 17.8. The lowest BCUT2D eigenvalue weighted by atomic mass is 9.88. The molecule has 0 aromatic rings. The number of allylic oxidation sites excluding steroid dienone is 2. The Morgan fingerprint density at radius 1 is 0.306 bits per heavy atom. The third-order valence-corrected chi connectivity index (χ3v) is 27.6. The molecule has 134 heavy (non-hydrogen) atoms. The first-order valence-electron chi connectivity index (χ1n) is 52.8. The number of piperidine rings is 5. The van der Waals surface area contributed by atoms with E-state index in [4.69, 9.17) is 18.4 Å². The quantitative estimate of drug-likeness (QED) is 0.236. The molecule has 17 aliphatic rings. The average Bonchev–Trinajstić information content (AvgIpc) is 1.46. The third-order valence-electron chi connectivity index (χ3n) is 26.7. The highest BCUT2D eigenvalue weighted by atomic mass is 32.2. The van der Waals surface area contributed by atoms with Gasteiger partial charge in [0.1, 0.15) is 49.1 Å². The van der Waals surface area contributed by atoms with Crippen LogP contribution >= 0.6 is 12.0 Å². The average molecular weight is 1920 g/mol. The molecule has 17 aliphatic heterocycles. The molecule has 3 atom stereocenters. The largest absolute Gasteiger partial charge is 0.379 e. The van der Waals surface area contributed by atoms with Crippen LogP contribution in [-0.4, -0.2) is 479 Å². The lowest BCUT2D eigenvalue weighted by Gasteiger charge is -2.31. The first-order valence-corrected chi connectivity index (χ1v) is 53.7. The minimum absolute atomic E-state index is 0.302. The number of carbonyl (C=O) groups is 6. The number of ketones is 5. The zero-order valence-electron chi connectivity index (χ0n) is 91.1. The van der Waals surface area contributed by atoms with E-state index >= 15 is 0 Å². The molecule has 0 saturated carbocycles. The van der Waals surface area contributed by atoms with Gasteiger partial charge in [-0.1, -0.05) is 72.5 Å². The SMILES string of the molecule is C=C1CCCCCN1C.C=C1CCCN1C.CC(C)C1CCCN(C)C1.CC1CN(C)CO1.CCC1CCCCN(C)C1.CN1CCC(=O)C1.CN1CCC(=O)CC1.CN1CCCC(=O)C1.CN1CCCC(=O)CC1.CN1CCCC1.CN1CCCCC(=O)C1.CN1CCCCC1.CN1CCCCC1=O.CN1CCCCCC1.CN1CCOCC1.CN1COCN(C)C1.CN1COSC1. The maximum Gasteiger partial charge on any atom is 0.222 e. The third kappa shape index (κ3) is 76.3. The number of nitrogens with zero attached hydrogens (tertiary/aromatic N) is 18. The summed E-state index contributed by atoms with van der Waals surface area (Å²) in [7, 11) is 37.5. The summed E-state index contributed by atoms with van der Waals surface area (Å²) in [5.41, 5.74) is 2.60. The maximum atomic E-state index is 10.9. The van der Waals surface area contributed by atoms with Crippen molar-refractivity contribution < 1.29 is 47.2 Å². The lowest BCUT2D eigenvalue weighted by molar-refractivity contribution is -0.131. The van der Waals surface area contributed by atoms with E-state index in [1.165, 1.54) is 250 Å². The number of likely N-dealkylation sites (N-methyl/N-ethyl adjacent to an activating group) is 5. The molecule has 0 aromatic heterocycles. The van der Waals surface area contributed by atoms with Gasteiger partial charge in [-0.15, -0.1) is 0 Å². The van der Waals surface area contributed by atoms with Gasteiger partial charge < -0.3 is 68.1 Å². The first-order chi connectivity index (χ1) is 63.9. The molecule has 0 aromatic carbocycles. The molecule has 17 fully saturated rings. The lowest BCUT2D eigenvalue weighted by Crippen LogP contribution is -2.41. The predicted octanol–water partition coefficient (Wildman–Crippen LogP) is 13.6. The normalized spacial score (nSPS) is 25.4. The summed E-state index contributed by atoms with van der Waals surface area (Å²) in [6, 6.07) is 0. The Hall–Kier alpha value is -3.51. The number of morpholine rings is 1. The van der Waals surface area contributed by atoms with Crippen LogP contribution in [0.1, 0.15) is 252 Å². The molecule has 1 amide bonds. The van der Waals surface area contributed by atoms with Crippen molar-refractivity contribution in [3.05, 3.63) is 24.6 Å². The monoisotopic (exact) mass is 1920 g/mol. The second kappa shape index (κ2) is 83.0. The molecule has 17 saturated heterocycles. The molecular weight excluding hydrogens is 1710 g/mol. The molecule has 17 rings (SSSR count). The fraction of sp³-hybridized carbons (Fsp3) is 0.905. The topological polar surface area (TPSA) is 198 Å². The van der Waals surface area contributed by atoms with Crippen LogP contribution in [0, 0.1) is 17.8 Å². The number of ether oxygens (including phenoxy) is 3. The number of carbonyl (C=O) groups excluding carboxylic acids is 6. The van der Waals surface area contributed by atoms with Crippen LogP contribution in [0.4, 0.5) is 0 Å². The molecule has 0 radical (unpaired) electrons. The Morgan fingerprint density at radius 2 is 0.664 bits per heavy atom. The second-order valence-electron chi connectivity index (χ2n) is 41.6. The van der Waals surface area contributed by atoms with Crippen LogP contribution in [0.2, 0.25) is 0 Å².